The second-order valence-corrected chi connectivity index (χ2v) is 5.92. The molecule has 0 radical (unpaired) electrons. The van der Waals surface area contributed by atoms with Crippen LogP contribution < -0.4 is 5.73 Å². The first-order valence-electron chi connectivity index (χ1n) is 4.87. The van der Waals surface area contributed by atoms with Crippen LogP contribution in [0.1, 0.15) is 33.1 Å². The van der Waals surface area contributed by atoms with Crippen LogP contribution in [0.4, 0.5) is 0 Å². The third kappa shape index (κ3) is 2.06. The first-order valence-corrected chi connectivity index (χ1v) is 6.16. The lowest BCUT2D eigenvalue weighted by molar-refractivity contribution is -0.145. The summed E-state index contributed by atoms with van der Waals surface area (Å²) in [5, 5.41) is 9.39. The van der Waals surface area contributed by atoms with Crippen molar-refractivity contribution in [3.63, 3.8) is 0 Å². The average molecular weight is 217 g/mol. The van der Waals surface area contributed by atoms with Gasteiger partial charge in [-0.2, -0.15) is 11.8 Å². The first-order chi connectivity index (χ1) is 6.32. The van der Waals surface area contributed by atoms with E-state index in [0.717, 1.165) is 6.42 Å². The number of hydrogen-bond acceptors (Lipinski definition) is 3. The minimum atomic E-state index is -0.997. The van der Waals surface area contributed by atoms with E-state index in [-0.39, 0.29) is 5.41 Å². The second kappa shape index (κ2) is 3.74. The van der Waals surface area contributed by atoms with Crippen LogP contribution in [0.25, 0.3) is 0 Å². The van der Waals surface area contributed by atoms with Gasteiger partial charge < -0.3 is 10.8 Å². The van der Waals surface area contributed by atoms with E-state index in [2.05, 4.69) is 13.8 Å². The lowest BCUT2D eigenvalue weighted by Crippen LogP contribution is -2.55. The van der Waals surface area contributed by atoms with Crippen LogP contribution in [-0.2, 0) is 4.79 Å². The summed E-state index contributed by atoms with van der Waals surface area (Å²) >= 11 is 1.73. The molecule has 0 aromatic heterocycles. The van der Waals surface area contributed by atoms with E-state index in [0.29, 0.717) is 18.1 Å². The highest BCUT2D eigenvalue weighted by Crippen LogP contribution is 2.44. The Morgan fingerprint density at radius 2 is 2.07 bits per heavy atom. The van der Waals surface area contributed by atoms with Gasteiger partial charge in [-0.05, 0) is 30.9 Å². The summed E-state index contributed by atoms with van der Waals surface area (Å²) in [5.41, 5.74) is 5.09. The average Bonchev–Trinajstić information content (AvgIpc) is 2.09. The molecule has 0 heterocycles. The van der Waals surface area contributed by atoms with Gasteiger partial charge in [-0.1, -0.05) is 13.8 Å². The van der Waals surface area contributed by atoms with E-state index in [4.69, 9.17) is 10.8 Å². The fourth-order valence-corrected chi connectivity index (χ4v) is 3.23. The molecule has 82 valence electrons. The Labute approximate surface area is 89.4 Å². The molecule has 2 unspecified atom stereocenters. The fourth-order valence-electron chi connectivity index (χ4n) is 2.01. The zero-order chi connectivity index (χ0) is 11.0. The minimum Gasteiger partial charge on any atom is -0.480 e. The quantitative estimate of drug-likeness (QED) is 0.739. The Hall–Kier alpha value is -0.220. The fraction of sp³-hybridized carbons (Fsp3) is 0.900. The predicted octanol–water partition coefficient (Wildman–Crippen LogP) is 1.71. The summed E-state index contributed by atoms with van der Waals surface area (Å²) in [6.07, 6.45) is 4.09. The van der Waals surface area contributed by atoms with E-state index in [9.17, 15) is 4.79 Å². The van der Waals surface area contributed by atoms with E-state index in [1.807, 2.05) is 6.26 Å². The summed E-state index contributed by atoms with van der Waals surface area (Å²) in [4.78, 5) is 11.0. The zero-order valence-electron chi connectivity index (χ0n) is 9.04. The van der Waals surface area contributed by atoms with Gasteiger partial charge in [0.1, 0.15) is 5.54 Å². The monoisotopic (exact) mass is 217 g/mol. The molecule has 1 saturated carbocycles. The van der Waals surface area contributed by atoms with Crippen molar-refractivity contribution in [3.8, 4) is 0 Å². The van der Waals surface area contributed by atoms with Gasteiger partial charge in [0.25, 0.3) is 0 Å². The highest BCUT2D eigenvalue weighted by molar-refractivity contribution is 7.99. The lowest BCUT2D eigenvalue weighted by Gasteiger charge is -2.44. The van der Waals surface area contributed by atoms with Crippen molar-refractivity contribution in [1.29, 1.82) is 0 Å². The second-order valence-electron chi connectivity index (χ2n) is 4.88. The summed E-state index contributed by atoms with van der Waals surface area (Å²) in [6.45, 7) is 4.38. The van der Waals surface area contributed by atoms with Gasteiger partial charge in [-0.3, -0.25) is 4.79 Å². The minimum absolute atomic E-state index is 0.206. The molecule has 0 spiro atoms. The maximum atomic E-state index is 11.0. The van der Waals surface area contributed by atoms with Gasteiger partial charge in [0.2, 0.25) is 0 Å². The Bertz CT molecular complexity index is 242. The van der Waals surface area contributed by atoms with E-state index in [1.165, 1.54) is 0 Å². The van der Waals surface area contributed by atoms with Crippen molar-refractivity contribution in [2.24, 2.45) is 11.1 Å². The molecule has 0 aromatic carbocycles. The van der Waals surface area contributed by atoms with Crippen LogP contribution in [0.2, 0.25) is 0 Å². The van der Waals surface area contributed by atoms with Crippen LogP contribution in [0.3, 0.4) is 0 Å². The van der Waals surface area contributed by atoms with Crippen molar-refractivity contribution in [1.82, 2.24) is 0 Å². The smallest absolute Gasteiger partial charge is 0.323 e. The first kappa shape index (κ1) is 11.9. The summed E-state index contributed by atoms with van der Waals surface area (Å²) in [5.74, 6) is -0.855. The van der Waals surface area contributed by atoms with Crippen LogP contribution in [0.5, 0.6) is 0 Å². The number of nitrogens with two attached hydrogens (primary N) is 1. The van der Waals surface area contributed by atoms with Gasteiger partial charge in [-0.25, -0.2) is 0 Å². The molecule has 1 aliphatic carbocycles. The number of aliphatic carboxylic acids is 1. The van der Waals surface area contributed by atoms with Gasteiger partial charge in [0.15, 0.2) is 0 Å². The number of carbonyl (C=O) groups is 1. The van der Waals surface area contributed by atoms with E-state index < -0.39 is 11.5 Å². The molecule has 1 fully saturated rings. The van der Waals surface area contributed by atoms with Crippen molar-refractivity contribution < 1.29 is 9.90 Å². The maximum Gasteiger partial charge on any atom is 0.323 e. The molecule has 2 atom stereocenters. The van der Waals surface area contributed by atoms with Gasteiger partial charge in [0, 0.05) is 5.25 Å². The number of thioether (sulfide) groups is 1. The Morgan fingerprint density at radius 1 is 1.50 bits per heavy atom. The molecule has 0 aliphatic heterocycles. The van der Waals surface area contributed by atoms with Crippen LogP contribution in [0.15, 0.2) is 0 Å². The van der Waals surface area contributed by atoms with Crippen LogP contribution in [-0.4, -0.2) is 28.1 Å². The largest absolute Gasteiger partial charge is 0.480 e. The highest BCUT2D eigenvalue weighted by atomic mass is 32.2. The van der Waals surface area contributed by atoms with E-state index >= 15 is 0 Å². The molecule has 0 bridgehead atoms. The Kier molecular flexibility index (Phi) is 3.17. The van der Waals surface area contributed by atoms with Crippen molar-refractivity contribution in [2.75, 3.05) is 6.26 Å². The molecule has 1 aliphatic rings. The lowest BCUT2D eigenvalue weighted by atomic mass is 9.69. The topological polar surface area (TPSA) is 63.3 Å². The summed E-state index contributed by atoms with van der Waals surface area (Å²) in [7, 11) is 0. The van der Waals surface area contributed by atoms with Gasteiger partial charge in [0.05, 0.1) is 0 Å². The SMILES string of the molecule is CSC1CC(N)(C(=O)O)CCC1(C)C. The molecular weight excluding hydrogens is 198 g/mol. The number of carboxylic acid groups (broad SMARTS) is 1. The summed E-state index contributed by atoms with van der Waals surface area (Å²) < 4.78 is 0. The van der Waals surface area contributed by atoms with Crippen molar-refractivity contribution >= 4 is 17.7 Å². The summed E-state index contributed by atoms with van der Waals surface area (Å²) in [6, 6.07) is 0. The van der Waals surface area contributed by atoms with Crippen LogP contribution in [0, 0.1) is 5.41 Å². The number of hydrogen-bond donors (Lipinski definition) is 2. The van der Waals surface area contributed by atoms with Crippen LogP contribution >= 0.6 is 11.8 Å². The molecule has 4 heteroatoms. The molecule has 14 heavy (non-hydrogen) atoms. The predicted molar refractivity (Wildman–Crippen MR) is 59.5 cm³/mol. The molecule has 1 rings (SSSR count). The van der Waals surface area contributed by atoms with Crippen molar-refractivity contribution in [2.45, 2.75) is 43.9 Å². The Balaban J connectivity index is 2.80. The Morgan fingerprint density at radius 3 is 2.50 bits per heavy atom. The van der Waals surface area contributed by atoms with E-state index in [1.54, 1.807) is 11.8 Å². The van der Waals surface area contributed by atoms with Crippen molar-refractivity contribution in [3.05, 3.63) is 0 Å². The molecular formula is C10H19NO2S. The molecule has 3 nitrogen and oxygen atoms in total. The molecule has 0 amide bonds. The van der Waals surface area contributed by atoms with Gasteiger partial charge >= 0.3 is 5.97 Å². The number of rotatable bonds is 2. The molecule has 3 N–H and O–H groups in total. The van der Waals surface area contributed by atoms with Gasteiger partial charge in [-0.15, -0.1) is 0 Å². The number of carboxylic acids is 1. The normalized spacial score (nSPS) is 36.7. The zero-order valence-corrected chi connectivity index (χ0v) is 9.86. The molecule has 0 saturated heterocycles. The molecule has 0 aromatic rings. The maximum absolute atomic E-state index is 11.0. The standard InChI is InChI=1S/C10H19NO2S/c1-9(2)4-5-10(11,8(12)13)6-7(9)14-3/h7H,4-6,11H2,1-3H3,(H,12,13). The highest BCUT2D eigenvalue weighted by Gasteiger charge is 2.46. The third-order valence-corrected chi connectivity index (χ3v) is 4.72. The third-order valence-electron chi connectivity index (χ3n) is 3.35.